The van der Waals surface area contributed by atoms with E-state index in [4.69, 9.17) is 0 Å². The van der Waals surface area contributed by atoms with Crippen molar-refractivity contribution in [3.63, 3.8) is 0 Å². The van der Waals surface area contributed by atoms with Crippen LogP contribution in [0, 0.1) is 10.8 Å². The van der Waals surface area contributed by atoms with Crippen LogP contribution in [0.5, 0.6) is 0 Å². The van der Waals surface area contributed by atoms with Crippen LogP contribution in [0.1, 0.15) is 60.8 Å². The fraction of sp³-hybridized carbons (Fsp3) is 0.733. The molecule has 0 aromatic carbocycles. The third-order valence-electron chi connectivity index (χ3n) is 3.20. The predicted molar refractivity (Wildman–Crippen MR) is 68.9 cm³/mol. The normalized spacial score (nSPS) is 18.5. The Balaban J connectivity index is 2.78. The van der Waals surface area contributed by atoms with E-state index in [0.29, 0.717) is 10.8 Å². The molecule has 1 aliphatic carbocycles. The molecule has 0 heteroatoms. The lowest BCUT2D eigenvalue weighted by molar-refractivity contribution is 0.244. The van der Waals surface area contributed by atoms with E-state index in [0.717, 1.165) is 0 Å². The molecule has 0 bridgehead atoms. The largest absolute Gasteiger partial charge is 0.0730 e. The molecular formula is C15H26. The van der Waals surface area contributed by atoms with Crippen LogP contribution >= 0.6 is 0 Å². The fourth-order valence-electron chi connectivity index (χ4n) is 2.74. The second kappa shape index (κ2) is 4.15. The zero-order valence-corrected chi connectivity index (χ0v) is 11.3. The molecule has 0 spiro atoms. The molecule has 1 rings (SSSR count). The Morgan fingerprint density at radius 2 is 1.60 bits per heavy atom. The Bertz CT molecular complexity index is 282. The Hall–Kier alpha value is -0.520. The van der Waals surface area contributed by atoms with Gasteiger partial charge in [0.05, 0.1) is 0 Å². The molecule has 0 atom stereocenters. The number of allylic oxidation sites excluding steroid dienone is 4. The molecule has 0 N–H and O–H groups in total. The summed E-state index contributed by atoms with van der Waals surface area (Å²) in [6.45, 7) is 14.0. The summed E-state index contributed by atoms with van der Waals surface area (Å²) in [6, 6.07) is 0. The van der Waals surface area contributed by atoms with Crippen molar-refractivity contribution in [2.45, 2.75) is 60.8 Å². The van der Waals surface area contributed by atoms with Gasteiger partial charge < -0.3 is 0 Å². The Kier molecular flexibility index (Phi) is 3.48. The van der Waals surface area contributed by atoms with Gasteiger partial charge in [-0.25, -0.2) is 0 Å². The minimum Gasteiger partial charge on any atom is -0.0730 e. The molecule has 0 saturated carbocycles. The molecule has 0 amide bonds. The van der Waals surface area contributed by atoms with Gasteiger partial charge >= 0.3 is 0 Å². The number of rotatable bonds is 2. The van der Waals surface area contributed by atoms with E-state index >= 15 is 0 Å². The maximum absolute atomic E-state index is 2.39. The lowest BCUT2D eigenvalue weighted by Crippen LogP contribution is -2.23. The van der Waals surface area contributed by atoms with E-state index in [1.807, 2.05) is 0 Å². The molecule has 0 fully saturated rings. The van der Waals surface area contributed by atoms with Gasteiger partial charge in [-0.05, 0) is 37.0 Å². The van der Waals surface area contributed by atoms with Gasteiger partial charge in [0.25, 0.3) is 0 Å². The summed E-state index contributed by atoms with van der Waals surface area (Å²) >= 11 is 0. The van der Waals surface area contributed by atoms with E-state index in [9.17, 15) is 0 Å². The molecule has 0 unspecified atom stereocenters. The second-order valence-electron chi connectivity index (χ2n) is 6.83. The average Bonchev–Trinajstić information content (AvgIpc) is 2.00. The highest BCUT2D eigenvalue weighted by Crippen LogP contribution is 2.42. The molecule has 0 nitrogen and oxygen atoms in total. The van der Waals surface area contributed by atoms with Crippen molar-refractivity contribution in [2.75, 3.05) is 0 Å². The minimum atomic E-state index is 0.357. The lowest BCUT2D eigenvalue weighted by Gasteiger charge is -2.35. The smallest absolute Gasteiger partial charge is 0.0136 e. The van der Waals surface area contributed by atoms with Crippen molar-refractivity contribution < 1.29 is 0 Å². The fourth-order valence-corrected chi connectivity index (χ4v) is 2.74. The van der Waals surface area contributed by atoms with Crippen molar-refractivity contribution >= 4 is 0 Å². The van der Waals surface area contributed by atoms with Gasteiger partial charge in [0.1, 0.15) is 0 Å². The summed E-state index contributed by atoms with van der Waals surface area (Å²) < 4.78 is 0. The van der Waals surface area contributed by atoms with Crippen LogP contribution in [0.4, 0.5) is 0 Å². The summed E-state index contributed by atoms with van der Waals surface area (Å²) in [5.74, 6) is 0. The monoisotopic (exact) mass is 206 g/mol. The van der Waals surface area contributed by atoms with Crippen LogP contribution in [0.15, 0.2) is 23.3 Å². The van der Waals surface area contributed by atoms with Crippen LogP contribution in [-0.2, 0) is 0 Å². The molecule has 1 aliphatic rings. The maximum Gasteiger partial charge on any atom is -0.0136 e. The Morgan fingerprint density at radius 3 is 2.00 bits per heavy atom. The molecule has 0 heterocycles. The molecule has 86 valence electrons. The van der Waals surface area contributed by atoms with Crippen LogP contribution < -0.4 is 0 Å². The van der Waals surface area contributed by atoms with Crippen molar-refractivity contribution in [2.24, 2.45) is 10.8 Å². The van der Waals surface area contributed by atoms with Gasteiger partial charge in [-0.2, -0.15) is 0 Å². The second-order valence-corrected chi connectivity index (χ2v) is 6.83. The summed E-state index contributed by atoms with van der Waals surface area (Å²) in [6.07, 6.45) is 8.41. The first-order valence-corrected chi connectivity index (χ1v) is 6.07. The van der Waals surface area contributed by atoms with Gasteiger partial charge in [-0.3, -0.25) is 0 Å². The highest BCUT2D eigenvalue weighted by atomic mass is 14.3. The average molecular weight is 206 g/mol. The quantitative estimate of drug-likeness (QED) is 0.588. The molecule has 0 aromatic rings. The number of hydrogen-bond donors (Lipinski definition) is 0. The van der Waals surface area contributed by atoms with Crippen LogP contribution in [0.25, 0.3) is 0 Å². The van der Waals surface area contributed by atoms with E-state index < -0.39 is 0 Å². The molecule has 15 heavy (non-hydrogen) atoms. The van der Waals surface area contributed by atoms with Gasteiger partial charge in [0.15, 0.2) is 0 Å². The summed E-state index contributed by atoms with van der Waals surface area (Å²) in [5, 5.41) is 0. The van der Waals surface area contributed by atoms with Crippen LogP contribution in [0.3, 0.4) is 0 Å². The first-order valence-electron chi connectivity index (χ1n) is 6.07. The van der Waals surface area contributed by atoms with Crippen molar-refractivity contribution in [3.8, 4) is 0 Å². The summed E-state index contributed by atoms with van der Waals surface area (Å²) in [4.78, 5) is 0. The SMILES string of the molecule is CC1=CC=C(C(C)(C)CC(C)(C)C)CC1. The first-order chi connectivity index (χ1) is 6.71. The van der Waals surface area contributed by atoms with Crippen molar-refractivity contribution in [3.05, 3.63) is 23.3 Å². The number of hydrogen-bond acceptors (Lipinski definition) is 0. The van der Waals surface area contributed by atoms with Gasteiger partial charge in [-0.1, -0.05) is 57.9 Å². The zero-order chi connectivity index (χ0) is 11.7. The topological polar surface area (TPSA) is 0 Å². The van der Waals surface area contributed by atoms with Gasteiger partial charge in [0.2, 0.25) is 0 Å². The highest BCUT2D eigenvalue weighted by Gasteiger charge is 2.29. The highest BCUT2D eigenvalue weighted by molar-refractivity contribution is 5.27. The summed E-state index contributed by atoms with van der Waals surface area (Å²) in [7, 11) is 0. The minimum absolute atomic E-state index is 0.357. The van der Waals surface area contributed by atoms with E-state index in [2.05, 4.69) is 53.7 Å². The van der Waals surface area contributed by atoms with Crippen molar-refractivity contribution in [1.82, 2.24) is 0 Å². The standard InChI is InChI=1S/C15H26/c1-12-7-9-13(10-8-12)15(5,6)11-14(2,3)4/h7,9H,8,10-11H2,1-6H3. The van der Waals surface area contributed by atoms with E-state index in [-0.39, 0.29) is 0 Å². The Morgan fingerprint density at radius 1 is 1.00 bits per heavy atom. The first kappa shape index (κ1) is 12.5. The van der Waals surface area contributed by atoms with Crippen LogP contribution in [-0.4, -0.2) is 0 Å². The zero-order valence-electron chi connectivity index (χ0n) is 11.3. The molecular weight excluding hydrogens is 180 g/mol. The van der Waals surface area contributed by atoms with Crippen molar-refractivity contribution in [1.29, 1.82) is 0 Å². The maximum atomic E-state index is 2.39. The third kappa shape index (κ3) is 3.85. The predicted octanol–water partition coefficient (Wildman–Crippen LogP) is 5.12. The Labute approximate surface area is 95.5 Å². The lowest BCUT2D eigenvalue weighted by atomic mass is 9.70. The van der Waals surface area contributed by atoms with Gasteiger partial charge in [0, 0.05) is 0 Å². The van der Waals surface area contributed by atoms with Crippen LogP contribution in [0.2, 0.25) is 0 Å². The molecule has 0 radical (unpaired) electrons. The van der Waals surface area contributed by atoms with E-state index in [1.165, 1.54) is 24.8 Å². The molecule has 0 saturated heterocycles. The van der Waals surface area contributed by atoms with Gasteiger partial charge in [-0.15, -0.1) is 0 Å². The van der Waals surface area contributed by atoms with E-state index in [1.54, 1.807) is 5.57 Å². The third-order valence-corrected chi connectivity index (χ3v) is 3.20. The molecule has 0 aromatic heterocycles. The molecule has 0 aliphatic heterocycles. The summed E-state index contributed by atoms with van der Waals surface area (Å²) in [5.41, 5.74) is 3.92.